The third-order valence-electron chi connectivity index (χ3n) is 2.59. The molecule has 0 amide bonds. The topological polar surface area (TPSA) is 66.5 Å². The van der Waals surface area contributed by atoms with E-state index in [1.165, 1.54) is 4.88 Å². The van der Waals surface area contributed by atoms with Gasteiger partial charge in [-0.2, -0.15) is 10.4 Å². The van der Waals surface area contributed by atoms with E-state index in [0.717, 1.165) is 16.5 Å². The van der Waals surface area contributed by atoms with Crippen LogP contribution in [0.2, 0.25) is 0 Å². The number of aromatic nitrogens is 3. The van der Waals surface area contributed by atoms with Crippen LogP contribution < -0.4 is 5.32 Å². The van der Waals surface area contributed by atoms with Crippen LogP contribution >= 0.6 is 11.3 Å². The van der Waals surface area contributed by atoms with Crippen molar-refractivity contribution in [1.82, 2.24) is 14.8 Å². The molecule has 0 unspecified atom stereocenters. The summed E-state index contributed by atoms with van der Waals surface area (Å²) in [5.41, 5.74) is 2.30. The highest BCUT2D eigenvalue weighted by Crippen LogP contribution is 2.27. The molecule has 2 aromatic rings. The van der Waals surface area contributed by atoms with Gasteiger partial charge in [-0.3, -0.25) is 4.68 Å². The molecule has 0 saturated heterocycles. The fourth-order valence-corrected chi connectivity index (χ4v) is 2.38. The second-order valence-corrected chi connectivity index (χ2v) is 5.03. The van der Waals surface area contributed by atoms with E-state index in [4.69, 9.17) is 5.26 Å². The number of nitriles is 1. The lowest BCUT2D eigenvalue weighted by molar-refractivity contribution is 0.764. The van der Waals surface area contributed by atoms with Crippen molar-refractivity contribution in [2.45, 2.75) is 20.8 Å². The van der Waals surface area contributed by atoms with Crippen molar-refractivity contribution in [3.8, 4) is 6.07 Å². The second-order valence-electron chi connectivity index (χ2n) is 3.83. The molecule has 2 aromatic heterocycles. The van der Waals surface area contributed by atoms with Crippen LogP contribution in [0.15, 0.2) is 0 Å². The zero-order valence-electron chi connectivity index (χ0n) is 10.2. The molecule has 1 N–H and O–H groups in total. The van der Waals surface area contributed by atoms with Crippen LogP contribution in [0.4, 0.5) is 10.9 Å². The van der Waals surface area contributed by atoms with Gasteiger partial charge < -0.3 is 5.32 Å². The Hall–Kier alpha value is -1.87. The van der Waals surface area contributed by atoms with Crippen LogP contribution in [0.1, 0.15) is 21.8 Å². The van der Waals surface area contributed by atoms with Gasteiger partial charge in [0.25, 0.3) is 0 Å². The van der Waals surface area contributed by atoms with Crippen LogP contribution in [0.5, 0.6) is 0 Å². The summed E-state index contributed by atoms with van der Waals surface area (Å²) in [6.45, 7) is 5.82. The first kappa shape index (κ1) is 11.6. The van der Waals surface area contributed by atoms with Gasteiger partial charge in [-0.05, 0) is 20.8 Å². The Morgan fingerprint density at radius 3 is 2.53 bits per heavy atom. The number of aryl methyl sites for hydroxylation is 4. The monoisotopic (exact) mass is 247 g/mol. The molecule has 0 bridgehead atoms. The summed E-state index contributed by atoms with van der Waals surface area (Å²) in [7, 11) is 1.81. The maximum atomic E-state index is 9.09. The van der Waals surface area contributed by atoms with E-state index in [2.05, 4.69) is 21.5 Å². The number of anilines is 2. The minimum Gasteiger partial charge on any atom is -0.315 e. The van der Waals surface area contributed by atoms with Gasteiger partial charge in [0.2, 0.25) is 0 Å². The molecular formula is C11H13N5S. The van der Waals surface area contributed by atoms with Crippen molar-refractivity contribution >= 4 is 22.3 Å². The van der Waals surface area contributed by atoms with E-state index in [1.807, 2.05) is 27.8 Å². The molecule has 0 spiro atoms. The van der Waals surface area contributed by atoms with Crippen LogP contribution in [0.3, 0.4) is 0 Å². The third kappa shape index (κ3) is 2.01. The number of nitrogens with zero attached hydrogens (tertiary/aromatic N) is 4. The van der Waals surface area contributed by atoms with E-state index in [9.17, 15) is 0 Å². The van der Waals surface area contributed by atoms with Crippen molar-refractivity contribution in [2.75, 3.05) is 5.32 Å². The minimum atomic E-state index is 0.568. The van der Waals surface area contributed by atoms with Gasteiger partial charge in [0, 0.05) is 11.9 Å². The lowest BCUT2D eigenvalue weighted by Gasteiger charge is -2.02. The molecule has 0 saturated carbocycles. The van der Waals surface area contributed by atoms with Gasteiger partial charge in [-0.15, -0.1) is 11.3 Å². The molecule has 0 fully saturated rings. The summed E-state index contributed by atoms with van der Waals surface area (Å²) in [5, 5.41) is 17.3. The molecule has 5 nitrogen and oxygen atoms in total. The van der Waals surface area contributed by atoms with Gasteiger partial charge in [-0.25, -0.2) is 4.98 Å². The minimum absolute atomic E-state index is 0.568. The molecule has 88 valence electrons. The number of rotatable bonds is 2. The maximum absolute atomic E-state index is 9.09. The molecule has 0 aliphatic heterocycles. The van der Waals surface area contributed by atoms with Crippen molar-refractivity contribution in [1.29, 1.82) is 5.26 Å². The summed E-state index contributed by atoms with van der Waals surface area (Å²) in [5.74, 6) is 0.693. The average Bonchev–Trinajstić information content (AvgIpc) is 2.70. The highest BCUT2D eigenvalue weighted by atomic mass is 32.1. The summed E-state index contributed by atoms with van der Waals surface area (Å²) in [6, 6.07) is 2.16. The van der Waals surface area contributed by atoms with Gasteiger partial charge in [0.05, 0.1) is 11.4 Å². The normalized spacial score (nSPS) is 10.3. The zero-order valence-corrected chi connectivity index (χ0v) is 11.0. The molecule has 6 heteroatoms. The molecule has 0 atom stereocenters. The highest BCUT2D eigenvalue weighted by Gasteiger charge is 2.14. The van der Waals surface area contributed by atoms with Crippen molar-refractivity contribution in [2.24, 2.45) is 7.05 Å². The van der Waals surface area contributed by atoms with Gasteiger partial charge in [0.15, 0.2) is 5.13 Å². The van der Waals surface area contributed by atoms with E-state index in [-0.39, 0.29) is 0 Å². The molecule has 17 heavy (non-hydrogen) atoms. The molecular weight excluding hydrogens is 234 g/mol. The van der Waals surface area contributed by atoms with Gasteiger partial charge >= 0.3 is 0 Å². The van der Waals surface area contributed by atoms with Gasteiger partial charge in [-0.1, -0.05) is 0 Å². The summed E-state index contributed by atoms with van der Waals surface area (Å²) in [4.78, 5) is 5.56. The summed E-state index contributed by atoms with van der Waals surface area (Å²) in [6.07, 6.45) is 0. The summed E-state index contributed by atoms with van der Waals surface area (Å²) < 4.78 is 1.67. The van der Waals surface area contributed by atoms with E-state index in [1.54, 1.807) is 16.0 Å². The summed E-state index contributed by atoms with van der Waals surface area (Å²) >= 11 is 1.57. The molecule has 2 rings (SSSR count). The first-order chi connectivity index (χ1) is 8.02. The fourth-order valence-electron chi connectivity index (χ4n) is 1.56. The molecule has 0 radical (unpaired) electrons. The van der Waals surface area contributed by atoms with Crippen LogP contribution in [-0.4, -0.2) is 14.8 Å². The smallest absolute Gasteiger partial charge is 0.188 e. The Bertz CT molecular complexity index is 583. The Kier molecular flexibility index (Phi) is 2.86. The quantitative estimate of drug-likeness (QED) is 0.885. The van der Waals surface area contributed by atoms with Crippen LogP contribution in [0, 0.1) is 32.1 Å². The van der Waals surface area contributed by atoms with E-state index in [0.29, 0.717) is 11.4 Å². The van der Waals surface area contributed by atoms with Gasteiger partial charge in [0.1, 0.15) is 17.5 Å². The first-order valence-corrected chi connectivity index (χ1v) is 5.99. The predicted molar refractivity (Wildman–Crippen MR) is 67.5 cm³/mol. The van der Waals surface area contributed by atoms with E-state index >= 15 is 0 Å². The lowest BCUT2D eigenvalue weighted by atomic mass is 10.3. The predicted octanol–water partition coefficient (Wildman–Crippen LogP) is 2.42. The van der Waals surface area contributed by atoms with Crippen LogP contribution in [0.25, 0.3) is 0 Å². The third-order valence-corrected chi connectivity index (χ3v) is 3.58. The fraction of sp³-hybridized carbons (Fsp3) is 0.364. The molecule has 0 aliphatic rings. The van der Waals surface area contributed by atoms with Crippen molar-refractivity contribution < 1.29 is 0 Å². The molecule has 0 aliphatic carbocycles. The zero-order chi connectivity index (χ0) is 12.6. The molecule has 2 heterocycles. The Morgan fingerprint density at radius 1 is 1.29 bits per heavy atom. The Morgan fingerprint density at radius 2 is 2.00 bits per heavy atom. The molecule has 0 aromatic carbocycles. The Balaban J connectivity index is 2.40. The highest BCUT2D eigenvalue weighted by molar-refractivity contribution is 7.15. The first-order valence-electron chi connectivity index (χ1n) is 5.17. The largest absolute Gasteiger partial charge is 0.315 e. The van der Waals surface area contributed by atoms with Crippen molar-refractivity contribution in [3.63, 3.8) is 0 Å². The average molecular weight is 247 g/mol. The van der Waals surface area contributed by atoms with Crippen LogP contribution in [-0.2, 0) is 7.05 Å². The van der Waals surface area contributed by atoms with Crippen molar-refractivity contribution in [3.05, 3.63) is 21.8 Å². The number of nitrogens with one attached hydrogen (secondary N) is 1. The second kappa shape index (κ2) is 4.18. The Labute approximate surface area is 104 Å². The lowest BCUT2D eigenvalue weighted by Crippen LogP contribution is -2.00. The number of hydrogen-bond donors (Lipinski definition) is 1. The SMILES string of the molecule is Cc1nc(Nc2c(C#N)c(C)nn2C)sc1C. The maximum Gasteiger partial charge on any atom is 0.188 e. The number of thiazole rings is 1. The standard InChI is InChI=1S/C11H13N5S/c1-6-8(3)17-11(13-6)14-10-9(5-12)7(2)15-16(10)4/h1-4H3,(H,13,14). The number of hydrogen-bond acceptors (Lipinski definition) is 5. The van der Waals surface area contributed by atoms with E-state index < -0.39 is 0 Å².